The van der Waals surface area contributed by atoms with Crippen molar-refractivity contribution in [2.75, 3.05) is 7.11 Å². The van der Waals surface area contributed by atoms with Crippen molar-refractivity contribution in [3.8, 4) is 17.2 Å². The first-order chi connectivity index (χ1) is 7.35. The van der Waals surface area contributed by atoms with E-state index in [1.165, 1.54) is 0 Å². The van der Waals surface area contributed by atoms with Gasteiger partial charge in [-0.25, -0.2) is 0 Å². The fourth-order valence-corrected chi connectivity index (χ4v) is 1.27. The lowest BCUT2D eigenvalue weighted by molar-refractivity contribution is 0.413. The van der Waals surface area contributed by atoms with Crippen molar-refractivity contribution in [2.45, 2.75) is 6.54 Å². The van der Waals surface area contributed by atoms with Crippen LogP contribution < -0.4 is 10.5 Å². The van der Waals surface area contributed by atoms with Gasteiger partial charge in [-0.15, -0.1) is 22.6 Å². The van der Waals surface area contributed by atoms with E-state index in [4.69, 9.17) is 14.9 Å². The van der Waals surface area contributed by atoms with Gasteiger partial charge in [0.25, 0.3) is 5.89 Å². The molecule has 5 nitrogen and oxygen atoms in total. The monoisotopic (exact) mass is 241 g/mol. The molecule has 2 N–H and O–H groups in total. The fraction of sp³-hybridized carbons (Fsp3) is 0.200. The molecule has 1 aromatic heterocycles. The molecule has 0 saturated heterocycles. The molecule has 0 amide bonds. The van der Waals surface area contributed by atoms with Crippen LogP contribution in [0, 0.1) is 0 Å². The lowest BCUT2D eigenvalue weighted by Crippen LogP contribution is -1.95. The van der Waals surface area contributed by atoms with E-state index in [0.29, 0.717) is 17.5 Å². The lowest BCUT2D eigenvalue weighted by atomic mass is 10.2. The van der Waals surface area contributed by atoms with Crippen LogP contribution in [0.5, 0.6) is 5.75 Å². The van der Waals surface area contributed by atoms with E-state index in [1.807, 2.05) is 24.3 Å². The van der Waals surface area contributed by atoms with Crippen molar-refractivity contribution < 1.29 is 9.15 Å². The van der Waals surface area contributed by atoms with Crippen LogP contribution in [0.25, 0.3) is 11.5 Å². The second-order valence-corrected chi connectivity index (χ2v) is 2.91. The van der Waals surface area contributed by atoms with Crippen LogP contribution in [-0.2, 0) is 6.54 Å². The number of nitrogens with two attached hydrogens (primary N) is 1. The highest BCUT2D eigenvalue weighted by Gasteiger charge is 2.11. The Morgan fingerprint density at radius 1 is 1.31 bits per heavy atom. The molecule has 0 aliphatic heterocycles. The largest absolute Gasteiger partial charge is 0.496 e. The number of para-hydroxylation sites is 1. The quantitative estimate of drug-likeness (QED) is 0.884. The van der Waals surface area contributed by atoms with Gasteiger partial charge in [0.15, 0.2) is 0 Å². The van der Waals surface area contributed by atoms with Crippen LogP contribution in [0.3, 0.4) is 0 Å². The van der Waals surface area contributed by atoms with E-state index >= 15 is 0 Å². The number of benzene rings is 1. The smallest absolute Gasteiger partial charge is 0.251 e. The molecule has 2 aromatic rings. The number of aromatic nitrogens is 2. The topological polar surface area (TPSA) is 74.2 Å². The van der Waals surface area contributed by atoms with E-state index in [9.17, 15) is 0 Å². The number of halogens is 1. The highest BCUT2D eigenvalue weighted by molar-refractivity contribution is 5.85. The van der Waals surface area contributed by atoms with E-state index in [2.05, 4.69) is 10.2 Å². The third kappa shape index (κ3) is 2.32. The van der Waals surface area contributed by atoms with Gasteiger partial charge in [-0.05, 0) is 12.1 Å². The first-order valence-electron chi connectivity index (χ1n) is 4.51. The Hall–Kier alpha value is -1.59. The predicted molar refractivity (Wildman–Crippen MR) is 61.4 cm³/mol. The summed E-state index contributed by atoms with van der Waals surface area (Å²) < 4.78 is 10.5. The average Bonchev–Trinajstić information content (AvgIpc) is 2.77. The number of hydrogen-bond donors (Lipinski definition) is 1. The van der Waals surface area contributed by atoms with Gasteiger partial charge >= 0.3 is 0 Å². The van der Waals surface area contributed by atoms with Crippen LogP contribution in [0.15, 0.2) is 28.7 Å². The van der Waals surface area contributed by atoms with Crippen molar-refractivity contribution in [3.05, 3.63) is 30.2 Å². The summed E-state index contributed by atoms with van der Waals surface area (Å²) in [5, 5.41) is 7.68. The normalized spacial score (nSPS) is 9.62. The maximum Gasteiger partial charge on any atom is 0.251 e. The van der Waals surface area contributed by atoms with E-state index in [-0.39, 0.29) is 19.0 Å². The molecular formula is C10H12ClN3O2. The van der Waals surface area contributed by atoms with Gasteiger partial charge < -0.3 is 14.9 Å². The Morgan fingerprint density at radius 3 is 2.69 bits per heavy atom. The molecule has 0 atom stereocenters. The minimum Gasteiger partial charge on any atom is -0.496 e. The maximum absolute atomic E-state index is 5.38. The van der Waals surface area contributed by atoms with Gasteiger partial charge in [0, 0.05) is 0 Å². The Morgan fingerprint density at radius 2 is 2.06 bits per heavy atom. The van der Waals surface area contributed by atoms with Crippen molar-refractivity contribution in [2.24, 2.45) is 5.73 Å². The molecule has 0 aliphatic carbocycles. The number of hydrogen-bond acceptors (Lipinski definition) is 5. The zero-order valence-electron chi connectivity index (χ0n) is 8.71. The molecule has 0 saturated carbocycles. The number of rotatable bonds is 3. The maximum atomic E-state index is 5.38. The van der Waals surface area contributed by atoms with Crippen LogP contribution in [0.2, 0.25) is 0 Å². The van der Waals surface area contributed by atoms with Gasteiger partial charge in [0.2, 0.25) is 5.89 Å². The number of methoxy groups -OCH3 is 1. The summed E-state index contributed by atoms with van der Waals surface area (Å²) in [7, 11) is 1.60. The van der Waals surface area contributed by atoms with Gasteiger partial charge in [-0.2, -0.15) is 0 Å². The Kier molecular flexibility index (Phi) is 4.28. The molecule has 0 spiro atoms. The predicted octanol–water partition coefficient (Wildman–Crippen LogP) is 1.63. The molecular weight excluding hydrogens is 230 g/mol. The Balaban J connectivity index is 0.00000128. The fourth-order valence-electron chi connectivity index (χ4n) is 1.27. The molecule has 0 unspecified atom stereocenters. The van der Waals surface area contributed by atoms with Crippen LogP contribution in [-0.4, -0.2) is 17.3 Å². The molecule has 86 valence electrons. The molecule has 1 aromatic carbocycles. The van der Waals surface area contributed by atoms with Crippen LogP contribution in [0.1, 0.15) is 5.89 Å². The summed E-state index contributed by atoms with van der Waals surface area (Å²) in [4.78, 5) is 0. The standard InChI is InChI=1S/C10H11N3O2.ClH/c1-14-8-5-3-2-4-7(8)10-13-12-9(6-11)15-10;/h2-5H,6,11H2,1H3;1H. The average molecular weight is 242 g/mol. The lowest BCUT2D eigenvalue weighted by Gasteiger charge is -2.02. The summed E-state index contributed by atoms with van der Waals surface area (Å²) in [6.07, 6.45) is 0. The van der Waals surface area contributed by atoms with Crippen molar-refractivity contribution in [3.63, 3.8) is 0 Å². The van der Waals surface area contributed by atoms with Gasteiger partial charge in [-0.3, -0.25) is 0 Å². The van der Waals surface area contributed by atoms with Crippen molar-refractivity contribution in [1.29, 1.82) is 0 Å². The Labute approximate surface area is 99.0 Å². The van der Waals surface area contributed by atoms with E-state index < -0.39 is 0 Å². The second-order valence-electron chi connectivity index (χ2n) is 2.91. The molecule has 0 radical (unpaired) electrons. The van der Waals surface area contributed by atoms with Gasteiger partial charge in [0.1, 0.15) is 5.75 Å². The first kappa shape index (κ1) is 12.5. The minimum atomic E-state index is 0. The summed E-state index contributed by atoms with van der Waals surface area (Å²) in [6.45, 7) is 0.238. The van der Waals surface area contributed by atoms with Crippen LogP contribution in [0.4, 0.5) is 0 Å². The third-order valence-electron chi connectivity index (χ3n) is 1.98. The van der Waals surface area contributed by atoms with Crippen molar-refractivity contribution >= 4 is 12.4 Å². The molecule has 0 fully saturated rings. The molecule has 0 aliphatic rings. The first-order valence-corrected chi connectivity index (χ1v) is 4.51. The summed E-state index contributed by atoms with van der Waals surface area (Å²) in [5.41, 5.74) is 6.15. The SMILES string of the molecule is COc1ccccc1-c1nnc(CN)o1.Cl. The summed E-state index contributed by atoms with van der Waals surface area (Å²) in [6, 6.07) is 7.45. The zero-order valence-corrected chi connectivity index (χ0v) is 9.53. The zero-order chi connectivity index (χ0) is 10.7. The molecule has 6 heteroatoms. The van der Waals surface area contributed by atoms with E-state index in [1.54, 1.807) is 7.11 Å². The number of nitrogens with zero attached hydrogens (tertiary/aromatic N) is 2. The molecule has 1 heterocycles. The van der Waals surface area contributed by atoms with E-state index in [0.717, 1.165) is 5.56 Å². The molecule has 0 bridgehead atoms. The minimum absolute atomic E-state index is 0. The van der Waals surface area contributed by atoms with Gasteiger partial charge in [-0.1, -0.05) is 12.1 Å². The van der Waals surface area contributed by atoms with Crippen molar-refractivity contribution in [1.82, 2.24) is 10.2 Å². The summed E-state index contributed by atoms with van der Waals surface area (Å²) in [5.74, 6) is 1.54. The second kappa shape index (κ2) is 5.48. The van der Waals surface area contributed by atoms with Crippen LogP contribution >= 0.6 is 12.4 Å². The molecule has 16 heavy (non-hydrogen) atoms. The third-order valence-corrected chi connectivity index (χ3v) is 1.98. The Bertz CT molecular complexity index is 459. The molecule has 2 rings (SSSR count). The summed E-state index contributed by atoms with van der Waals surface area (Å²) >= 11 is 0. The highest BCUT2D eigenvalue weighted by Crippen LogP contribution is 2.27. The highest BCUT2D eigenvalue weighted by atomic mass is 35.5. The van der Waals surface area contributed by atoms with Gasteiger partial charge in [0.05, 0.1) is 19.2 Å². The number of ether oxygens (including phenoxy) is 1.